The molecule has 0 amide bonds. The highest BCUT2D eigenvalue weighted by molar-refractivity contribution is 7.83. The van der Waals surface area contributed by atoms with Crippen LogP contribution in [0.2, 0.25) is 0 Å². The summed E-state index contributed by atoms with van der Waals surface area (Å²) in [5.41, 5.74) is 4.44. The van der Waals surface area contributed by atoms with Crippen molar-refractivity contribution in [2.45, 2.75) is 19.3 Å². The first-order valence-electron chi connectivity index (χ1n) is 4.29. The van der Waals surface area contributed by atoms with Gasteiger partial charge in [-0.25, -0.2) is 0 Å². The van der Waals surface area contributed by atoms with Crippen LogP contribution in [0.1, 0.15) is 17.5 Å². The molecule has 2 rings (SSSR count). The molecule has 1 aliphatic carbocycles. The van der Waals surface area contributed by atoms with E-state index in [1.807, 2.05) is 5.41 Å². The minimum absolute atomic E-state index is 1.10. The zero-order chi connectivity index (χ0) is 8.39. The van der Waals surface area contributed by atoms with Crippen LogP contribution in [0, 0.1) is 0 Å². The fraction of sp³-hybridized carbons (Fsp3) is 0.273. The molecule has 0 spiro atoms. The van der Waals surface area contributed by atoms with Crippen LogP contribution in [0.4, 0.5) is 0 Å². The smallest absolute Gasteiger partial charge is 0.00562 e. The zero-order valence-corrected chi connectivity index (χ0v) is 7.85. The lowest BCUT2D eigenvalue weighted by Crippen LogP contribution is -2.04. The van der Waals surface area contributed by atoms with E-state index in [0.717, 1.165) is 6.42 Å². The Hall–Kier alpha value is -0.690. The molecule has 0 atom stereocenters. The number of fused-ring (bicyclic) bond motifs is 1. The van der Waals surface area contributed by atoms with Gasteiger partial charge in [-0.05, 0) is 35.8 Å². The second kappa shape index (κ2) is 3.36. The molecule has 0 radical (unpaired) electrons. The van der Waals surface area contributed by atoms with Crippen LogP contribution in [0.15, 0.2) is 35.2 Å². The van der Waals surface area contributed by atoms with E-state index in [1.165, 1.54) is 29.5 Å². The molecule has 0 nitrogen and oxygen atoms in total. The quantitative estimate of drug-likeness (QED) is 0.577. The molecule has 0 fully saturated rings. The van der Waals surface area contributed by atoms with Gasteiger partial charge in [-0.2, -0.15) is 12.6 Å². The first-order valence-corrected chi connectivity index (χ1v) is 4.80. The summed E-state index contributed by atoms with van der Waals surface area (Å²) < 4.78 is 0. The van der Waals surface area contributed by atoms with E-state index >= 15 is 0 Å². The van der Waals surface area contributed by atoms with E-state index < -0.39 is 0 Å². The standard InChI is InChI=1S/C11H12S/c12-8-9-5-6-10-3-1-2-4-11(10)7-9/h1-4,8,12H,5-7H2. The van der Waals surface area contributed by atoms with Crippen molar-refractivity contribution in [3.05, 3.63) is 46.4 Å². The van der Waals surface area contributed by atoms with E-state index in [0.29, 0.717) is 0 Å². The summed E-state index contributed by atoms with van der Waals surface area (Å²) in [5, 5.41) is 1.95. The fourth-order valence-corrected chi connectivity index (χ4v) is 1.93. The van der Waals surface area contributed by atoms with Crippen molar-refractivity contribution in [3.8, 4) is 0 Å². The van der Waals surface area contributed by atoms with Crippen LogP contribution in [-0.4, -0.2) is 0 Å². The average molecular weight is 176 g/mol. The maximum absolute atomic E-state index is 4.19. The fourth-order valence-electron chi connectivity index (χ4n) is 1.71. The number of aryl methyl sites for hydroxylation is 1. The lowest BCUT2D eigenvalue weighted by Gasteiger charge is -2.17. The van der Waals surface area contributed by atoms with Crippen molar-refractivity contribution in [1.82, 2.24) is 0 Å². The number of thiol groups is 1. The molecule has 0 unspecified atom stereocenters. The molecule has 1 aliphatic rings. The predicted octanol–water partition coefficient (Wildman–Crippen LogP) is 2.99. The van der Waals surface area contributed by atoms with Crippen LogP contribution in [-0.2, 0) is 12.8 Å². The molecule has 1 heteroatoms. The summed E-state index contributed by atoms with van der Waals surface area (Å²) in [6, 6.07) is 8.67. The third kappa shape index (κ3) is 1.42. The van der Waals surface area contributed by atoms with Gasteiger partial charge in [0.15, 0.2) is 0 Å². The highest BCUT2D eigenvalue weighted by Crippen LogP contribution is 2.24. The SMILES string of the molecule is SC=C1CCc2ccccc2C1. The Labute approximate surface area is 78.7 Å². The molecule has 0 N–H and O–H groups in total. The predicted molar refractivity (Wildman–Crippen MR) is 55.5 cm³/mol. The van der Waals surface area contributed by atoms with Crippen LogP contribution in [0.3, 0.4) is 0 Å². The third-order valence-corrected chi connectivity index (χ3v) is 2.80. The van der Waals surface area contributed by atoms with Gasteiger partial charge in [0.2, 0.25) is 0 Å². The molecule has 62 valence electrons. The van der Waals surface area contributed by atoms with Crippen molar-refractivity contribution in [2.24, 2.45) is 0 Å². The molecule has 12 heavy (non-hydrogen) atoms. The summed E-state index contributed by atoms with van der Waals surface area (Å²) in [6.07, 6.45) is 3.46. The Bertz CT molecular complexity index is 313. The maximum Gasteiger partial charge on any atom is -0.00562 e. The summed E-state index contributed by atoms with van der Waals surface area (Å²) in [7, 11) is 0. The van der Waals surface area contributed by atoms with Gasteiger partial charge >= 0.3 is 0 Å². The molecule has 0 heterocycles. The van der Waals surface area contributed by atoms with E-state index in [4.69, 9.17) is 0 Å². The van der Waals surface area contributed by atoms with E-state index in [-0.39, 0.29) is 0 Å². The van der Waals surface area contributed by atoms with Crippen molar-refractivity contribution < 1.29 is 0 Å². The third-order valence-electron chi connectivity index (χ3n) is 2.43. The Morgan fingerprint density at radius 3 is 2.58 bits per heavy atom. The van der Waals surface area contributed by atoms with Gasteiger partial charge in [0.25, 0.3) is 0 Å². The number of hydrogen-bond donors (Lipinski definition) is 1. The summed E-state index contributed by atoms with van der Waals surface area (Å²) >= 11 is 4.19. The Kier molecular flexibility index (Phi) is 2.22. The monoisotopic (exact) mass is 176 g/mol. The van der Waals surface area contributed by atoms with Crippen molar-refractivity contribution in [1.29, 1.82) is 0 Å². The lowest BCUT2D eigenvalue weighted by atomic mass is 9.89. The number of hydrogen-bond acceptors (Lipinski definition) is 1. The van der Waals surface area contributed by atoms with Gasteiger partial charge in [0, 0.05) is 0 Å². The number of benzene rings is 1. The van der Waals surface area contributed by atoms with Gasteiger partial charge in [-0.15, -0.1) is 0 Å². The van der Waals surface area contributed by atoms with E-state index in [2.05, 4.69) is 36.9 Å². The second-order valence-corrected chi connectivity index (χ2v) is 3.49. The molecular formula is C11H12S. The van der Waals surface area contributed by atoms with Crippen LogP contribution in [0.5, 0.6) is 0 Å². The van der Waals surface area contributed by atoms with Crippen molar-refractivity contribution >= 4 is 12.6 Å². The van der Waals surface area contributed by atoms with Gasteiger partial charge in [0.1, 0.15) is 0 Å². The zero-order valence-electron chi connectivity index (χ0n) is 6.96. The van der Waals surface area contributed by atoms with Gasteiger partial charge < -0.3 is 0 Å². The second-order valence-electron chi connectivity index (χ2n) is 3.23. The molecular weight excluding hydrogens is 164 g/mol. The number of rotatable bonds is 0. The first-order chi connectivity index (χ1) is 5.90. The van der Waals surface area contributed by atoms with Crippen LogP contribution in [0.25, 0.3) is 0 Å². The van der Waals surface area contributed by atoms with E-state index in [9.17, 15) is 0 Å². The number of allylic oxidation sites excluding steroid dienone is 1. The molecule has 1 aromatic rings. The van der Waals surface area contributed by atoms with Crippen molar-refractivity contribution in [3.63, 3.8) is 0 Å². The normalized spacial score (nSPS) is 19.2. The molecule has 0 saturated carbocycles. The average Bonchev–Trinajstić information content (AvgIpc) is 2.17. The lowest BCUT2D eigenvalue weighted by molar-refractivity contribution is 0.839. The van der Waals surface area contributed by atoms with Crippen LogP contribution >= 0.6 is 12.6 Å². The largest absolute Gasteiger partial charge is 0.151 e. The van der Waals surface area contributed by atoms with E-state index in [1.54, 1.807) is 0 Å². The minimum atomic E-state index is 1.10. The van der Waals surface area contributed by atoms with Gasteiger partial charge in [0.05, 0.1) is 0 Å². The van der Waals surface area contributed by atoms with Crippen LogP contribution < -0.4 is 0 Å². The summed E-state index contributed by atoms with van der Waals surface area (Å²) in [5.74, 6) is 0. The molecule has 0 saturated heterocycles. The molecule has 0 bridgehead atoms. The molecule has 0 aromatic heterocycles. The maximum atomic E-state index is 4.19. The minimum Gasteiger partial charge on any atom is -0.151 e. The topological polar surface area (TPSA) is 0 Å². The van der Waals surface area contributed by atoms with Gasteiger partial charge in [-0.3, -0.25) is 0 Å². The molecule has 1 aromatic carbocycles. The van der Waals surface area contributed by atoms with Crippen molar-refractivity contribution in [2.75, 3.05) is 0 Å². The molecule has 0 aliphatic heterocycles. The Morgan fingerprint density at radius 1 is 1.08 bits per heavy atom. The Balaban J connectivity index is 2.35. The summed E-state index contributed by atoms with van der Waals surface area (Å²) in [6.45, 7) is 0. The van der Waals surface area contributed by atoms with Gasteiger partial charge in [-0.1, -0.05) is 29.8 Å². The Morgan fingerprint density at radius 2 is 1.83 bits per heavy atom. The highest BCUT2D eigenvalue weighted by Gasteiger charge is 2.10. The first kappa shape index (κ1) is 7.93. The highest BCUT2D eigenvalue weighted by atomic mass is 32.1. The summed E-state index contributed by atoms with van der Waals surface area (Å²) in [4.78, 5) is 0.